The largest absolute Gasteiger partial charge is 0.300 e. The number of nitrogens with zero attached hydrogens (tertiary/aromatic N) is 1. The van der Waals surface area contributed by atoms with Gasteiger partial charge in [0.1, 0.15) is 0 Å². The summed E-state index contributed by atoms with van der Waals surface area (Å²) in [6.45, 7) is 4.93. The van der Waals surface area contributed by atoms with Crippen molar-refractivity contribution in [2.45, 2.75) is 51.5 Å². The molecule has 0 radical (unpaired) electrons. The van der Waals surface area contributed by atoms with Crippen LogP contribution in [0.25, 0.3) is 0 Å². The fourth-order valence-electron chi connectivity index (χ4n) is 2.59. The van der Waals surface area contributed by atoms with Crippen LogP contribution >= 0.6 is 12.6 Å². The van der Waals surface area contributed by atoms with Crippen molar-refractivity contribution in [1.29, 1.82) is 0 Å². The number of rotatable bonds is 6. The highest BCUT2D eigenvalue weighted by Crippen LogP contribution is 2.44. The van der Waals surface area contributed by atoms with Crippen LogP contribution in [0.5, 0.6) is 0 Å². The monoisotopic (exact) mass is 213 g/mol. The quantitative estimate of drug-likeness (QED) is 0.664. The summed E-state index contributed by atoms with van der Waals surface area (Å²) in [5.74, 6) is 1.10. The highest BCUT2D eigenvalue weighted by atomic mass is 32.1. The Morgan fingerprint density at radius 3 is 2.43 bits per heavy atom. The summed E-state index contributed by atoms with van der Waals surface area (Å²) in [6.07, 6.45) is 8.47. The van der Waals surface area contributed by atoms with Gasteiger partial charge in [0.05, 0.1) is 0 Å². The summed E-state index contributed by atoms with van der Waals surface area (Å²) in [4.78, 5) is 2.73. The molecule has 0 aromatic heterocycles. The Balaban J connectivity index is 1.85. The molecule has 0 aromatic carbocycles. The minimum Gasteiger partial charge on any atom is -0.300 e. The first-order valence-electron chi connectivity index (χ1n) is 6.14. The van der Waals surface area contributed by atoms with Crippen molar-refractivity contribution in [2.75, 3.05) is 18.8 Å². The van der Waals surface area contributed by atoms with Crippen molar-refractivity contribution < 1.29 is 0 Å². The molecule has 0 spiro atoms. The molecule has 0 saturated heterocycles. The van der Waals surface area contributed by atoms with E-state index in [0.717, 1.165) is 11.8 Å². The van der Waals surface area contributed by atoms with Gasteiger partial charge in [-0.1, -0.05) is 13.3 Å². The molecule has 0 aromatic rings. The first-order valence-corrected chi connectivity index (χ1v) is 6.78. The molecule has 0 aliphatic heterocycles. The molecule has 0 amide bonds. The van der Waals surface area contributed by atoms with Crippen LogP contribution in [0.4, 0.5) is 0 Å². The topological polar surface area (TPSA) is 3.24 Å². The van der Waals surface area contributed by atoms with Gasteiger partial charge in [0.25, 0.3) is 0 Å². The average Bonchev–Trinajstić information content (AvgIpc) is 2.92. The smallest absolute Gasteiger partial charge is 0.00966 e. The maximum absolute atomic E-state index is 4.54. The molecule has 82 valence electrons. The molecular weight excluding hydrogens is 190 g/mol. The third-order valence-electron chi connectivity index (χ3n) is 3.86. The third kappa shape index (κ3) is 2.27. The van der Waals surface area contributed by atoms with Crippen LogP contribution in [0.15, 0.2) is 0 Å². The summed E-state index contributed by atoms with van der Waals surface area (Å²) in [5, 5.41) is 0. The molecule has 14 heavy (non-hydrogen) atoms. The van der Waals surface area contributed by atoms with Crippen molar-refractivity contribution in [1.82, 2.24) is 4.90 Å². The van der Waals surface area contributed by atoms with Crippen molar-refractivity contribution >= 4 is 12.6 Å². The molecule has 2 fully saturated rings. The van der Waals surface area contributed by atoms with Gasteiger partial charge in [-0.05, 0) is 49.8 Å². The van der Waals surface area contributed by atoms with E-state index in [4.69, 9.17) is 0 Å². The standard InChI is InChI=1S/C12H23NS/c1-2-8-13(11-4-5-11)9-12(10-14)6-3-7-12/h11,14H,2-10H2,1H3. The minimum absolute atomic E-state index is 0.598. The molecule has 1 nitrogen and oxygen atoms in total. The second-order valence-electron chi connectivity index (χ2n) is 5.21. The van der Waals surface area contributed by atoms with E-state index >= 15 is 0 Å². The molecule has 0 heterocycles. The third-order valence-corrected chi connectivity index (χ3v) is 4.53. The maximum Gasteiger partial charge on any atom is 0.00966 e. The molecule has 0 unspecified atom stereocenters. The Morgan fingerprint density at radius 1 is 1.36 bits per heavy atom. The first-order chi connectivity index (χ1) is 6.79. The van der Waals surface area contributed by atoms with Crippen LogP contribution in [-0.2, 0) is 0 Å². The summed E-state index contributed by atoms with van der Waals surface area (Å²) in [6, 6.07) is 0.937. The molecule has 2 rings (SSSR count). The van der Waals surface area contributed by atoms with Gasteiger partial charge in [-0.15, -0.1) is 0 Å². The average molecular weight is 213 g/mol. The molecular formula is C12H23NS. The lowest BCUT2D eigenvalue weighted by Gasteiger charge is -2.44. The summed E-state index contributed by atoms with van der Waals surface area (Å²) in [5.41, 5.74) is 0.598. The predicted molar refractivity (Wildman–Crippen MR) is 65.0 cm³/mol. The zero-order valence-corrected chi connectivity index (χ0v) is 10.2. The van der Waals surface area contributed by atoms with E-state index in [-0.39, 0.29) is 0 Å². The predicted octanol–water partition coefficient (Wildman–Crippen LogP) is 2.96. The van der Waals surface area contributed by atoms with Gasteiger partial charge in [-0.3, -0.25) is 4.90 Å². The summed E-state index contributed by atoms with van der Waals surface area (Å²) < 4.78 is 0. The number of thiol groups is 1. The van der Waals surface area contributed by atoms with Gasteiger partial charge in [0, 0.05) is 12.6 Å². The van der Waals surface area contributed by atoms with E-state index in [1.54, 1.807) is 0 Å². The lowest BCUT2D eigenvalue weighted by Crippen LogP contribution is -2.44. The molecule has 2 aliphatic carbocycles. The highest BCUT2D eigenvalue weighted by Gasteiger charge is 2.40. The maximum atomic E-state index is 4.54. The first kappa shape index (κ1) is 10.8. The van der Waals surface area contributed by atoms with Gasteiger partial charge < -0.3 is 0 Å². The second kappa shape index (κ2) is 4.44. The fraction of sp³-hybridized carbons (Fsp3) is 1.00. The van der Waals surface area contributed by atoms with Crippen molar-refractivity contribution in [3.63, 3.8) is 0 Å². The zero-order chi connectivity index (χ0) is 10.0. The van der Waals surface area contributed by atoms with Crippen LogP contribution in [-0.4, -0.2) is 29.8 Å². The van der Waals surface area contributed by atoms with Crippen molar-refractivity contribution in [3.05, 3.63) is 0 Å². The van der Waals surface area contributed by atoms with Crippen LogP contribution in [0.2, 0.25) is 0 Å². The van der Waals surface area contributed by atoms with E-state index in [9.17, 15) is 0 Å². The van der Waals surface area contributed by atoms with Gasteiger partial charge in [-0.25, -0.2) is 0 Å². The Labute approximate surface area is 93.7 Å². The minimum atomic E-state index is 0.598. The van der Waals surface area contributed by atoms with E-state index in [2.05, 4.69) is 24.5 Å². The van der Waals surface area contributed by atoms with Crippen LogP contribution in [0.1, 0.15) is 45.4 Å². The summed E-state index contributed by atoms with van der Waals surface area (Å²) >= 11 is 4.54. The van der Waals surface area contributed by atoms with Gasteiger partial charge in [0.15, 0.2) is 0 Å². The van der Waals surface area contributed by atoms with Crippen molar-refractivity contribution in [3.8, 4) is 0 Å². The fourth-order valence-corrected chi connectivity index (χ4v) is 3.01. The van der Waals surface area contributed by atoms with E-state index < -0.39 is 0 Å². The van der Waals surface area contributed by atoms with E-state index in [0.29, 0.717) is 5.41 Å². The number of hydrogen-bond donors (Lipinski definition) is 1. The Kier molecular flexibility index (Phi) is 3.43. The summed E-state index contributed by atoms with van der Waals surface area (Å²) in [7, 11) is 0. The number of hydrogen-bond acceptors (Lipinski definition) is 2. The molecule has 2 aliphatic rings. The SMILES string of the molecule is CCCN(CC1(CS)CCC1)C1CC1. The zero-order valence-electron chi connectivity index (χ0n) is 9.34. The molecule has 0 atom stereocenters. The second-order valence-corrected chi connectivity index (χ2v) is 5.53. The highest BCUT2D eigenvalue weighted by molar-refractivity contribution is 7.80. The Bertz CT molecular complexity index is 179. The van der Waals surface area contributed by atoms with Crippen LogP contribution in [0.3, 0.4) is 0 Å². The Hall–Kier alpha value is 0.310. The van der Waals surface area contributed by atoms with Gasteiger partial charge in [0.2, 0.25) is 0 Å². The Morgan fingerprint density at radius 2 is 2.07 bits per heavy atom. The van der Waals surface area contributed by atoms with Crippen molar-refractivity contribution in [2.24, 2.45) is 5.41 Å². The van der Waals surface area contributed by atoms with E-state index in [1.165, 1.54) is 51.6 Å². The normalized spacial score (nSPS) is 25.1. The molecule has 0 N–H and O–H groups in total. The lowest BCUT2D eigenvalue weighted by molar-refractivity contribution is 0.0856. The molecule has 0 bridgehead atoms. The van der Waals surface area contributed by atoms with Gasteiger partial charge in [-0.2, -0.15) is 12.6 Å². The van der Waals surface area contributed by atoms with Crippen LogP contribution in [0, 0.1) is 5.41 Å². The van der Waals surface area contributed by atoms with E-state index in [1.807, 2.05) is 0 Å². The molecule has 2 heteroatoms. The lowest BCUT2D eigenvalue weighted by atomic mass is 9.70. The van der Waals surface area contributed by atoms with Crippen LogP contribution < -0.4 is 0 Å². The molecule has 2 saturated carbocycles. The van der Waals surface area contributed by atoms with Gasteiger partial charge >= 0.3 is 0 Å².